The van der Waals surface area contributed by atoms with Gasteiger partial charge >= 0.3 is 0 Å². The topological polar surface area (TPSA) is 66.9 Å². The predicted molar refractivity (Wildman–Crippen MR) is 49.6 cm³/mol. The molecule has 0 N–H and O–H groups in total. The third-order valence-corrected chi connectivity index (χ3v) is 2.52. The summed E-state index contributed by atoms with van der Waals surface area (Å²) in [6.45, 7) is 0. The average Bonchev–Trinajstić information content (AvgIpc) is 2.58. The third kappa shape index (κ3) is 1.33. The van der Waals surface area contributed by atoms with E-state index in [0.29, 0.717) is 6.42 Å². The van der Waals surface area contributed by atoms with Crippen molar-refractivity contribution in [2.45, 2.75) is 12.8 Å². The lowest BCUT2D eigenvalue weighted by Crippen LogP contribution is -1.93. The number of non-ortho nitro benzene ring substituents is 1. The van der Waals surface area contributed by atoms with E-state index in [1.807, 2.05) is 0 Å². The molecule has 1 unspecified atom stereocenters. The summed E-state index contributed by atoms with van der Waals surface area (Å²) < 4.78 is 0. The summed E-state index contributed by atoms with van der Waals surface area (Å²) in [5.41, 5.74) is 2.13. The summed E-state index contributed by atoms with van der Waals surface area (Å²) in [6.07, 6.45) is 1.37. The van der Waals surface area contributed by atoms with Gasteiger partial charge in [-0.25, -0.2) is 0 Å². The summed E-state index contributed by atoms with van der Waals surface area (Å²) in [6, 6.07) is 7.02. The van der Waals surface area contributed by atoms with Crippen LogP contribution in [0.3, 0.4) is 0 Å². The van der Waals surface area contributed by atoms with Gasteiger partial charge in [0.05, 0.1) is 16.9 Å². The maximum Gasteiger partial charge on any atom is 0.269 e. The van der Waals surface area contributed by atoms with Crippen molar-refractivity contribution in [3.63, 3.8) is 0 Å². The van der Waals surface area contributed by atoms with Crippen LogP contribution < -0.4 is 0 Å². The van der Waals surface area contributed by atoms with Crippen LogP contribution >= 0.6 is 0 Å². The zero-order chi connectivity index (χ0) is 10.1. The summed E-state index contributed by atoms with van der Waals surface area (Å²) >= 11 is 0. The van der Waals surface area contributed by atoms with Crippen LogP contribution in [-0.2, 0) is 12.8 Å². The molecule has 0 amide bonds. The lowest BCUT2D eigenvalue weighted by Gasteiger charge is -1.96. The number of benzene rings is 1. The molecule has 0 aliphatic heterocycles. The van der Waals surface area contributed by atoms with Crippen molar-refractivity contribution in [2.24, 2.45) is 5.92 Å². The number of hydrogen-bond donors (Lipinski definition) is 0. The Bertz CT molecular complexity index is 434. The molecule has 0 aromatic heterocycles. The van der Waals surface area contributed by atoms with Gasteiger partial charge in [0, 0.05) is 12.1 Å². The highest BCUT2D eigenvalue weighted by atomic mass is 16.6. The van der Waals surface area contributed by atoms with Gasteiger partial charge in [0.25, 0.3) is 5.69 Å². The second kappa shape index (κ2) is 3.11. The van der Waals surface area contributed by atoms with E-state index < -0.39 is 4.92 Å². The largest absolute Gasteiger partial charge is 0.269 e. The highest BCUT2D eigenvalue weighted by Crippen LogP contribution is 2.29. The molecule has 0 spiro atoms. The van der Waals surface area contributed by atoms with Crippen LogP contribution in [0.15, 0.2) is 18.2 Å². The Morgan fingerprint density at radius 1 is 1.43 bits per heavy atom. The molecule has 1 aromatic rings. The van der Waals surface area contributed by atoms with Crippen LogP contribution in [0.25, 0.3) is 0 Å². The van der Waals surface area contributed by atoms with E-state index in [2.05, 4.69) is 6.07 Å². The lowest BCUT2D eigenvalue weighted by molar-refractivity contribution is -0.384. The summed E-state index contributed by atoms with van der Waals surface area (Å²) in [5, 5.41) is 19.2. The first-order chi connectivity index (χ1) is 6.70. The van der Waals surface area contributed by atoms with Gasteiger partial charge in [0.2, 0.25) is 0 Å². The normalized spacial score (nSPS) is 18.6. The van der Waals surface area contributed by atoms with E-state index >= 15 is 0 Å². The molecule has 4 heteroatoms. The van der Waals surface area contributed by atoms with Crippen LogP contribution in [-0.4, -0.2) is 4.92 Å². The number of rotatable bonds is 1. The van der Waals surface area contributed by atoms with Gasteiger partial charge < -0.3 is 0 Å². The Balaban J connectivity index is 2.36. The van der Waals surface area contributed by atoms with Crippen molar-refractivity contribution in [2.75, 3.05) is 0 Å². The predicted octanol–water partition coefficient (Wildman–Crippen LogP) is 1.83. The van der Waals surface area contributed by atoms with Gasteiger partial charge in [0.1, 0.15) is 0 Å². The smallest absolute Gasteiger partial charge is 0.258 e. The number of fused-ring (bicyclic) bond motifs is 1. The first-order valence-corrected chi connectivity index (χ1v) is 4.36. The number of nitriles is 1. The quantitative estimate of drug-likeness (QED) is 0.498. The SMILES string of the molecule is N#CC1Cc2ccc([N+](=O)[O-])cc2C1. The molecule has 0 fully saturated rings. The number of nitro groups is 1. The van der Waals surface area contributed by atoms with E-state index in [1.54, 1.807) is 12.1 Å². The van der Waals surface area contributed by atoms with Gasteiger partial charge in [-0.15, -0.1) is 0 Å². The zero-order valence-corrected chi connectivity index (χ0v) is 7.43. The number of hydrogen-bond acceptors (Lipinski definition) is 3. The zero-order valence-electron chi connectivity index (χ0n) is 7.43. The maximum absolute atomic E-state index is 10.5. The summed E-state index contributed by atoms with van der Waals surface area (Å²) in [7, 11) is 0. The molecule has 0 saturated heterocycles. The molecule has 1 aliphatic rings. The molecule has 70 valence electrons. The maximum atomic E-state index is 10.5. The van der Waals surface area contributed by atoms with E-state index in [0.717, 1.165) is 17.5 Å². The van der Waals surface area contributed by atoms with E-state index in [4.69, 9.17) is 5.26 Å². The number of nitro benzene ring substituents is 1. The lowest BCUT2D eigenvalue weighted by atomic mass is 10.1. The van der Waals surface area contributed by atoms with Crippen molar-refractivity contribution in [1.82, 2.24) is 0 Å². The highest BCUT2D eigenvalue weighted by Gasteiger charge is 2.22. The minimum absolute atomic E-state index is 0.00740. The minimum atomic E-state index is -0.403. The fraction of sp³-hybridized carbons (Fsp3) is 0.300. The van der Waals surface area contributed by atoms with Crippen molar-refractivity contribution < 1.29 is 4.92 Å². The van der Waals surface area contributed by atoms with E-state index in [-0.39, 0.29) is 11.6 Å². The van der Waals surface area contributed by atoms with Crippen molar-refractivity contribution in [1.29, 1.82) is 5.26 Å². The second-order valence-corrected chi connectivity index (χ2v) is 3.44. The molecule has 4 nitrogen and oxygen atoms in total. The van der Waals surface area contributed by atoms with Crippen LogP contribution in [0, 0.1) is 27.4 Å². The Kier molecular flexibility index (Phi) is 1.93. The molecule has 1 atom stereocenters. The molecule has 0 radical (unpaired) electrons. The molecular weight excluding hydrogens is 180 g/mol. The van der Waals surface area contributed by atoms with Gasteiger partial charge in [-0.1, -0.05) is 6.07 Å². The van der Waals surface area contributed by atoms with Crippen molar-refractivity contribution >= 4 is 5.69 Å². The molecule has 14 heavy (non-hydrogen) atoms. The second-order valence-electron chi connectivity index (χ2n) is 3.44. The van der Waals surface area contributed by atoms with Gasteiger partial charge in [-0.05, 0) is 24.0 Å². The third-order valence-electron chi connectivity index (χ3n) is 2.52. The number of nitrogens with zero attached hydrogens (tertiary/aromatic N) is 2. The van der Waals surface area contributed by atoms with Crippen LogP contribution in [0.1, 0.15) is 11.1 Å². The molecule has 0 saturated carbocycles. The molecule has 0 bridgehead atoms. The highest BCUT2D eigenvalue weighted by molar-refractivity contribution is 5.43. The Labute approximate surface area is 80.9 Å². The minimum Gasteiger partial charge on any atom is -0.258 e. The monoisotopic (exact) mass is 188 g/mol. The molecule has 1 aliphatic carbocycles. The Hall–Kier alpha value is -1.89. The van der Waals surface area contributed by atoms with Gasteiger partial charge in [0.15, 0.2) is 0 Å². The molecular formula is C10H8N2O2. The fourth-order valence-corrected chi connectivity index (χ4v) is 1.81. The fourth-order valence-electron chi connectivity index (χ4n) is 1.81. The first-order valence-electron chi connectivity index (χ1n) is 4.36. The van der Waals surface area contributed by atoms with E-state index in [1.165, 1.54) is 6.07 Å². The first kappa shape index (κ1) is 8.70. The van der Waals surface area contributed by atoms with E-state index in [9.17, 15) is 10.1 Å². The van der Waals surface area contributed by atoms with Gasteiger partial charge in [-0.2, -0.15) is 5.26 Å². The van der Waals surface area contributed by atoms with Crippen LogP contribution in [0.5, 0.6) is 0 Å². The van der Waals surface area contributed by atoms with Crippen LogP contribution in [0.2, 0.25) is 0 Å². The van der Waals surface area contributed by atoms with Gasteiger partial charge in [-0.3, -0.25) is 10.1 Å². The Morgan fingerprint density at radius 3 is 2.79 bits per heavy atom. The standard InChI is InChI=1S/C10H8N2O2/c11-6-7-3-8-1-2-10(12(13)14)5-9(8)4-7/h1-2,5,7H,3-4H2. The average molecular weight is 188 g/mol. The summed E-state index contributed by atoms with van der Waals surface area (Å²) in [4.78, 5) is 10.1. The molecule has 2 rings (SSSR count). The van der Waals surface area contributed by atoms with Crippen LogP contribution in [0.4, 0.5) is 5.69 Å². The molecule has 1 aromatic carbocycles. The van der Waals surface area contributed by atoms with Crippen molar-refractivity contribution in [3.05, 3.63) is 39.4 Å². The molecule has 0 heterocycles. The van der Waals surface area contributed by atoms with Crippen molar-refractivity contribution in [3.8, 4) is 6.07 Å². The Morgan fingerprint density at radius 2 is 2.14 bits per heavy atom. The summed E-state index contributed by atoms with van der Waals surface area (Å²) in [5.74, 6) is -0.00740.